The highest BCUT2D eigenvalue weighted by Gasteiger charge is 2.63. The van der Waals surface area contributed by atoms with Crippen molar-refractivity contribution in [2.45, 2.75) is 69.9 Å². The molecule has 2 aliphatic carbocycles. The van der Waals surface area contributed by atoms with Crippen LogP contribution < -0.4 is 5.32 Å². The van der Waals surface area contributed by atoms with Gasteiger partial charge >= 0.3 is 17.8 Å². The second kappa shape index (κ2) is 12.2. The maximum atomic E-state index is 16.1. The van der Waals surface area contributed by atoms with Crippen molar-refractivity contribution in [1.82, 2.24) is 30.2 Å². The van der Waals surface area contributed by atoms with Crippen LogP contribution in [0.4, 0.5) is 17.6 Å². The highest BCUT2D eigenvalue weighted by molar-refractivity contribution is 5.98. The molecule has 0 bridgehead atoms. The molecule has 3 fully saturated rings. The monoisotopic (exact) mass is 740 g/mol. The Morgan fingerprint density at radius 2 is 1.56 bits per heavy atom. The fourth-order valence-corrected chi connectivity index (χ4v) is 8.74. The van der Waals surface area contributed by atoms with E-state index in [0.29, 0.717) is 35.6 Å². The molecule has 4 aliphatic rings. The Balaban J connectivity index is 1.03. The van der Waals surface area contributed by atoms with Crippen LogP contribution in [0, 0.1) is 17.3 Å². The molecular weight excluding hydrogens is 700 g/mol. The first-order valence-electron chi connectivity index (χ1n) is 18.5. The number of aromatic nitrogens is 4. The lowest BCUT2D eigenvalue weighted by atomic mass is 9.78. The summed E-state index contributed by atoms with van der Waals surface area (Å²) in [6.07, 6.45) is 6.02. The number of nitrogens with one attached hydrogen (secondary N) is 3. The standard InChI is InChI=1S/C41H40F4N6O3/c1-21(2)34(38(53)54-3)37(52)51-20-39(12-13-39)18-33(51)36-47-19-32(50-36)24-7-10-26-25-9-6-22(15-27(25)40(42,43)41(44,45)28(26)16-24)23-8-11-29-31(17-23)49-35(48-29)30-5-4-14-46-30/h6-11,15-17,19,21,30,33-34,46H,4-5,12-14,18,20H2,1-3H3,(H,47,50)(H,48,49)/t30-,33-,34-/m0/s1. The van der Waals surface area contributed by atoms with Crippen molar-refractivity contribution in [3.8, 4) is 33.5 Å². The zero-order valence-corrected chi connectivity index (χ0v) is 30.1. The zero-order valence-electron chi connectivity index (χ0n) is 30.1. The van der Waals surface area contributed by atoms with Crippen LogP contribution in [-0.2, 0) is 26.2 Å². The molecule has 54 heavy (non-hydrogen) atoms. The second-order valence-corrected chi connectivity index (χ2v) is 15.8. The number of alkyl halides is 4. The average molecular weight is 741 g/mol. The third kappa shape index (κ3) is 5.37. The summed E-state index contributed by atoms with van der Waals surface area (Å²) in [6, 6.07) is 13.6. The van der Waals surface area contributed by atoms with Gasteiger partial charge in [-0.1, -0.05) is 44.2 Å². The Labute approximate surface area is 308 Å². The highest BCUT2D eigenvalue weighted by Crippen LogP contribution is 2.60. The van der Waals surface area contributed by atoms with Gasteiger partial charge in [0.25, 0.3) is 0 Å². The van der Waals surface area contributed by atoms with Crippen molar-refractivity contribution in [1.29, 1.82) is 0 Å². The lowest BCUT2D eigenvalue weighted by Gasteiger charge is -2.35. The molecule has 9 nitrogen and oxygen atoms in total. The van der Waals surface area contributed by atoms with Gasteiger partial charge in [0, 0.05) is 23.2 Å². The van der Waals surface area contributed by atoms with Crippen LogP contribution in [0.15, 0.2) is 60.8 Å². The van der Waals surface area contributed by atoms with Crippen molar-refractivity contribution in [3.05, 3.63) is 83.6 Å². The van der Waals surface area contributed by atoms with Crippen molar-refractivity contribution >= 4 is 22.9 Å². The number of nitrogens with zero attached hydrogens (tertiary/aromatic N) is 3. The largest absolute Gasteiger partial charge is 0.468 e. The van der Waals surface area contributed by atoms with Gasteiger partial charge in [0.2, 0.25) is 5.91 Å². The topological polar surface area (TPSA) is 116 Å². The van der Waals surface area contributed by atoms with Crippen molar-refractivity contribution < 1.29 is 31.9 Å². The van der Waals surface area contributed by atoms with E-state index in [1.807, 2.05) is 6.07 Å². The van der Waals surface area contributed by atoms with E-state index in [2.05, 4.69) is 25.3 Å². The predicted molar refractivity (Wildman–Crippen MR) is 193 cm³/mol. The van der Waals surface area contributed by atoms with E-state index in [9.17, 15) is 9.59 Å². The number of imidazole rings is 2. The summed E-state index contributed by atoms with van der Waals surface area (Å²) in [4.78, 5) is 43.8. The van der Waals surface area contributed by atoms with E-state index in [1.54, 1.807) is 43.0 Å². The molecule has 0 unspecified atom stereocenters. The van der Waals surface area contributed by atoms with E-state index in [1.165, 1.54) is 31.5 Å². The number of methoxy groups -OCH3 is 1. The number of likely N-dealkylation sites (tertiary alicyclic amines) is 1. The van der Waals surface area contributed by atoms with Crippen molar-refractivity contribution in [3.63, 3.8) is 0 Å². The Bertz CT molecular complexity index is 2320. The fraction of sp³-hybridized carbons (Fsp3) is 0.415. The van der Waals surface area contributed by atoms with E-state index in [0.717, 1.165) is 55.2 Å². The maximum absolute atomic E-state index is 16.1. The van der Waals surface area contributed by atoms with Crippen molar-refractivity contribution in [2.75, 3.05) is 20.2 Å². The average Bonchev–Trinajstić information content (AvgIpc) is 3.69. The molecule has 13 heteroatoms. The minimum absolute atomic E-state index is 0.0273. The number of hydrogen-bond donors (Lipinski definition) is 3. The van der Waals surface area contributed by atoms with Crippen LogP contribution in [0.2, 0.25) is 0 Å². The van der Waals surface area contributed by atoms with Gasteiger partial charge in [0.1, 0.15) is 17.6 Å². The van der Waals surface area contributed by atoms with E-state index in [-0.39, 0.29) is 40.0 Å². The molecule has 1 spiro atoms. The van der Waals surface area contributed by atoms with E-state index < -0.39 is 40.9 Å². The Kier molecular flexibility index (Phi) is 7.87. The summed E-state index contributed by atoms with van der Waals surface area (Å²) < 4.78 is 69.2. The number of H-pyrrole nitrogens is 2. The van der Waals surface area contributed by atoms with Gasteiger partial charge in [-0.25, -0.2) is 9.97 Å². The molecule has 5 aromatic rings. The first-order chi connectivity index (χ1) is 25.8. The quantitative estimate of drug-likeness (QED) is 0.0877. The van der Waals surface area contributed by atoms with Crippen LogP contribution in [0.3, 0.4) is 0 Å². The number of halogens is 4. The van der Waals surface area contributed by atoms with Crippen LogP contribution in [0.25, 0.3) is 44.5 Å². The molecule has 2 aliphatic heterocycles. The molecular formula is C41H40F4N6O3. The number of aromatic amines is 2. The van der Waals surface area contributed by atoms with Gasteiger partial charge < -0.3 is 24.9 Å². The van der Waals surface area contributed by atoms with Crippen LogP contribution in [0.5, 0.6) is 0 Å². The van der Waals surface area contributed by atoms with Gasteiger partial charge in [-0.3, -0.25) is 9.59 Å². The van der Waals surface area contributed by atoms with Crippen LogP contribution in [-0.4, -0.2) is 56.9 Å². The third-order valence-corrected chi connectivity index (χ3v) is 12.0. The Morgan fingerprint density at radius 3 is 2.20 bits per heavy atom. The molecule has 2 saturated heterocycles. The number of amides is 1. The molecule has 9 rings (SSSR count). The molecule has 3 aromatic carbocycles. The summed E-state index contributed by atoms with van der Waals surface area (Å²) in [5, 5.41) is 3.41. The summed E-state index contributed by atoms with van der Waals surface area (Å²) >= 11 is 0. The SMILES string of the molecule is COC(=O)[C@H](C(=O)N1CC2(CC2)C[C@H]1c1ncc(-c2ccc3c(c2)C(F)(F)C(F)(F)c2cc(-c4ccc5nc([C@@H]6CCCN6)[nH]c5c4)ccc2-3)[nH]1)C(C)C. The Hall–Kier alpha value is -5.04. The summed E-state index contributed by atoms with van der Waals surface area (Å²) in [6.45, 7) is 4.98. The number of hydrogen-bond acceptors (Lipinski definition) is 6. The Morgan fingerprint density at radius 1 is 0.889 bits per heavy atom. The molecule has 3 N–H and O–H groups in total. The number of esters is 1. The van der Waals surface area contributed by atoms with Gasteiger partial charge in [-0.2, -0.15) is 17.6 Å². The normalized spacial score (nSPS) is 22.4. The molecule has 1 saturated carbocycles. The lowest BCUT2D eigenvalue weighted by molar-refractivity contribution is -0.225. The minimum Gasteiger partial charge on any atom is -0.468 e. The first-order valence-corrected chi connectivity index (χ1v) is 18.5. The number of ether oxygens (including phenoxy) is 1. The number of carbonyl (C=O) groups is 2. The van der Waals surface area contributed by atoms with Crippen molar-refractivity contribution in [2.24, 2.45) is 17.3 Å². The van der Waals surface area contributed by atoms with E-state index in [4.69, 9.17) is 4.74 Å². The minimum atomic E-state index is -4.52. The zero-order chi connectivity index (χ0) is 37.7. The van der Waals surface area contributed by atoms with Gasteiger partial charge in [-0.05, 0) is 96.5 Å². The summed E-state index contributed by atoms with van der Waals surface area (Å²) in [5.41, 5.74) is 1.60. The van der Waals surface area contributed by atoms with Gasteiger partial charge in [0.15, 0.2) is 0 Å². The smallest absolute Gasteiger partial charge is 0.340 e. The summed E-state index contributed by atoms with van der Waals surface area (Å²) in [7, 11) is 1.26. The van der Waals surface area contributed by atoms with Gasteiger partial charge in [0.05, 0.1) is 42.1 Å². The predicted octanol–water partition coefficient (Wildman–Crippen LogP) is 8.41. The first kappa shape index (κ1) is 34.7. The molecule has 1 amide bonds. The molecule has 3 atom stereocenters. The molecule has 2 aromatic heterocycles. The lowest BCUT2D eigenvalue weighted by Crippen LogP contribution is -2.42. The van der Waals surface area contributed by atoms with Gasteiger partial charge in [-0.15, -0.1) is 0 Å². The maximum Gasteiger partial charge on any atom is 0.340 e. The van der Waals surface area contributed by atoms with E-state index >= 15 is 17.6 Å². The molecule has 4 heterocycles. The third-order valence-electron chi connectivity index (χ3n) is 12.0. The van der Waals surface area contributed by atoms with Crippen LogP contribution in [0.1, 0.15) is 80.8 Å². The number of rotatable bonds is 7. The number of benzene rings is 3. The molecule has 0 radical (unpaired) electrons. The highest BCUT2D eigenvalue weighted by atomic mass is 19.3. The van der Waals surface area contributed by atoms with Crippen LogP contribution >= 0.6 is 0 Å². The summed E-state index contributed by atoms with van der Waals surface area (Å²) in [5.74, 6) is -9.96. The fourth-order valence-electron chi connectivity index (χ4n) is 8.74. The molecule has 280 valence electrons. The number of carbonyl (C=O) groups excluding carboxylic acids is 2. The second-order valence-electron chi connectivity index (χ2n) is 15.8. The number of fused-ring (bicyclic) bond motifs is 4.